The summed E-state index contributed by atoms with van der Waals surface area (Å²) < 4.78 is 0. The summed E-state index contributed by atoms with van der Waals surface area (Å²) >= 11 is 0. The molecule has 1 rings (SSSR count). The first-order chi connectivity index (χ1) is 17.8. The van der Waals surface area contributed by atoms with E-state index in [-0.39, 0.29) is 5.91 Å². The number of amides is 3. The molecule has 1 aliphatic rings. The minimum Gasteiger partial charge on any atom is -0.480 e. The maximum atomic E-state index is 12.6. The molecule has 8 heteroatoms. The number of likely N-dealkylation sites (tertiary alicyclic amines) is 1. The number of carbonyl (C=O) groups is 4. The molecule has 0 radical (unpaired) electrons. The number of carbonyl (C=O) groups excluding carboxylic acids is 3. The van der Waals surface area contributed by atoms with Crippen LogP contribution in [-0.2, 0) is 19.2 Å². The molecule has 3 atom stereocenters. The molecule has 0 aromatic heterocycles. The van der Waals surface area contributed by atoms with Crippen molar-refractivity contribution in [1.82, 2.24) is 15.5 Å². The molecule has 3 N–H and O–H groups in total. The van der Waals surface area contributed by atoms with Gasteiger partial charge in [-0.05, 0) is 58.8 Å². The van der Waals surface area contributed by atoms with Crippen molar-refractivity contribution in [3.05, 3.63) is 12.2 Å². The Morgan fingerprint density at radius 2 is 1.41 bits per heavy atom. The van der Waals surface area contributed by atoms with Gasteiger partial charge in [0.25, 0.3) is 0 Å². The minimum absolute atomic E-state index is 0.176. The standard InChI is InChI=1S/C29H51N3O5/c1-4-5-6-7-8-9-10-11-12-13-14-15-16-17-18-21-26(33)30-23(2)27(34)31-24(3)28(35)32-22-19-20-25(32)29(36)37/h11-12,23-25H,4-10,13-22H2,1-3H3,(H,30,33)(H,31,34)(H,36,37)/t23-,24-,25-/m0/s1. The highest BCUT2D eigenvalue weighted by molar-refractivity contribution is 5.93. The lowest BCUT2D eigenvalue weighted by molar-refractivity contribution is -0.149. The third kappa shape index (κ3) is 14.2. The highest BCUT2D eigenvalue weighted by atomic mass is 16.4. The number of carboxylic acid groups (broad SMARTS) is 1. The maximum Gasteiger partial charge on any atom is 0.326 e. The summed E-state index contributed by atoms with van der Waals surface area (Å²) in [5, 5.41) is 14.5. The number of carboxylic acids is 1. The number of hydrogen-bond acceptors (Lipinski definition) is 4. The van der Waals surface area contributed by atoms with Gasteiger partial charge in [-0.2, -0.15) is 0 Å². The van der Waals surface area contributed by atoms with Gasteiger partial charge in [-0.3, -0.25) is 14.4 Å². The lowest BCUT2D eigenvalue weighted by Gasteiger charge is -2.26. The van der Waals surface area contributed by atoms with E-state index in [4.69, 9.17) is 0 Å². The fourth-order valence-electron chi connectivity index (χ4n) is 4.67. The van der Waals surface area contributed by atoms with Crippen molar-refractivity contribution in [3.8, 4) is 0 Å². The molecule has 0 unspecified atom stereocenters. The molecule has 1 aliphatic heterocycles. The van der Waals surface area contributed by atoms with Gasteiger partial charge in [-0.15, -0.1) is 0 Å². The zero-order chi connectivity index (χ0) is 27.5. The van der Waals surface area contributed by atoms with E-state index in [1.54, 1.807) is 6.92 Å². The van der Waals surface area contributed by atoms with Crippen LogP contribution in [-0.4, -0.2) is 58.4 Å². The zero-order valence-electron chi connectivity index (χ0n) is 23.4. The molecule has 0 aliphatic carbocycles. The fraction of sp³-hybridized carbons (Fsp3) is 0.793. The highest BCUT2D eigenvalue weighted by Gasteiger charge is 2.36. The van der Waals surface area contributed by atoms with Crippen LogP contribution in [0.25, 0.3) is 0 Å². The molecule has 212 valence electrons. The van der Waals surface area contributed by atoms with E-state index in [2.05, 4.69) is 29.7 Å². The van der Waals surface area contributed by atoms with Crippen molar-refractivity contribution in [3.63, 3.8) is 0 Å². The van der Waals surface area contributed by atoms with E-state index in [0.29, 0.717) is 25.8 Å². The number of nitrogens with one attached hydrogen (secondary N) is 2. The third-order valence-corrected chi connectivity index (χ3v) is 6.99. The molecule has 1 heterocycles. The number of hydrogen-bond donors (Lipinski definition) is 3. The lowest BCUT2D eigenvalue weighted by Crippen LogP contribution is -2.54. The number of unbranched alkanes of at least 4 members (excludes halogenated alkanes) is 11. The van der Waals surface area contributed by atoms with E-state index in [1.807, 2.05) is 0 Å². The van der Waals surface area contributed by atoms with E-state index < -0.39 is 35.9 Å². The molecule has 0 bridgehead atoms. The first-order valence-corrected chi connectivity index (χ1v) is 14.6. The predicted molar refractivity (Wildman–Crippen MR) is 147 cm³/mol. The van der Waals surface area contributed by atoms with E-state index >= 15 is 0 Å². The Bertz CT molecular complexity index is 724. The number of nitrogens with zero attached hydrogens (tertiary/aromatic N) is 1. The van der Waals surface area contributed by atoms with Gasteiger partial charge in [-0.1, -0.05) is 70.4 Å². The number of allylic oxidation sites excluding steroid dienone is 2. The quantitative estimate of drug-likeness (QED) is 0.152. The Balaban J connectivity index is 2.08. The average molecular weight is 522 g/mol. The van der Waals surface area contributed by atoms with Crippen molar-refractivity contribution < 1.29 is 24.3 Å². The highest BCUT2D eigenvalue weighted by Crippen LogP contribution is 2.18. The summed E-state index contributed by atoms with van der Waals surface area (Å²) in [6.07, 6.45) is 21.6. The Labute approximate surface area is 224 Å². The second-order valence-corrected chi connectivity index (χ2v) is 10.4. The molecule has 0 aromatic carbocycles. The predicted octanol–water partition coefficient (Wildman–Crippen LogP) is 5.11. The van der Waals surface area contributed by atoms with Crippen molar-refractivity contribution in [2.45, 2.75) is 142 Å². The first kappa shape index (κ1) is 32.6. The topological polar surface area (TPSA) is 116 Å². The minimum atomic E-state index is -1.03. The van der Waals surface area contributed by atoms with Crippen LogP contribution >= 0.6 is 0 Å². The van der Waals surface area contributed by atoms with Gasteiger partial charge in [0.05, 0.1) is 0 Å². The van der Waals surface area contributed by atoms with Crippen molar-refractivity contribution in [2.24, 2.45) is 0 Å². The summed E-state index contributed by atoms with van der Waals surface area (Å²) in [6.45, 7) is 5.74. The summed E-state index contributed by atoms with van der Waals surface area (Å²) in [4.78, 5) is 49.8. The Morgan fingerprint density at radius 3 is 2.00 bits per heavy atom. The molecule has 8 nitrogen and oxygen atoms in total. The van der Waals surface area contributed by atoms with Crippen LogP contribution in [0.3, 0.4) is 0 Å². The summed E-state index contributed by atoms with van der Waals surface area (Å²) in [7, 11) is 0. The molecule has 3 amide bonds. The molecule has 0 spiro atoms. The second kappa shape index (κ2) is 19.7. The molecule has 1 saturated heterocycles. The average Bonchev–Trinajstić information content (AvgIpc) is 3.36. The Hall–Kier alpha value is -2.38. The van der Waals surface area contributed by atoms with Crippen LogP contribution in [0.5, 0.6) is 0 Å². The van der Waals surface area contributed by atoms with E-state index in [9.17, 15) is 24.3 Å². The second-order valence-electron chi connectivity index (χ2n) is 10.4. The summed E-state index contributed by atoms with van der Waals surface area (Å²) in [6, 6.07) is -2.45. The van der Waals surface area contributed by atoms with Gasteiger partial charge >= 0.3 is 5.97 Å². The Kier molecular flexibility index (Phi) is 17.4. The number of aliphatic carboxylic acids is 1. The SMILES string of the molecule is CCCCCCCCC=CCCCCCCCC(=O)N[C@@H](C)C(=O)N[C@@H](C)C(=O)N1CCC[C@H]1C(=O)O. The van der Waals surface area contributed by atoms with Gasteiger partial charge in [0, 0.05) is 13.0 Å². The largest absolute Gasteiger partial charge is 0.480 e. The lowest BCUT2D eigenvalue weighted by atomic mass is 10.1. The normalized spacial score (nSPS) is 17.1. The van der Waals surface area contributed by atoms with E-state index in [0.717, 1.165) is 32.1 Å². The fourth-order valence-corrected chi connectivity index (χ4v) is 4.67. The molecule has 37 heavy (non-hydrogen) atoms. The first-order valence-electron chi connectivity index (χ1n) is 14.6. The third-order valence-electron chi connectivity index (χ3n) is 6.99. The molecular formula is C29H51N3O5. The number of rotatable bonds is 20. The van der Waals surface area contributed by atoms with E-state index in [1.165, 1.54) is 63.2 Å². The van der Waals surface area contributed by atoms with Crippen LogP contribution in [0.2, 0.25) is 0 Å². The molecule has 0 saturated carbocycles. The maximum absolute atomic E-state index is 12.6. The van der Waals surface area contributed by atoms with Crippen LogP contribution in [0, 0.1) is 0 Å². The van der Waals surface area contributed by atoms with Gasteiger partial charge in [0.1, 0.15) is 18.1 Å². The van der Waals surface area contributed by atoms with Crippen LogP contribution in [0.4, 0.5) is 0 Å². The van der Waals surface area contributed by atoms with Crippen molar-refractivity contribution >= 4 is 23.7 Å². The van der Waals surface area contributed by atoms with Gasteiger partial charge in [0.2, 0.25) is 17.7 Å². The van der Waals surface area contributed by atoms with Crippen molar-refractivity contribution in [1.29, 1.82) is 0 Å². The summed E-state index contributed by atoms with van der Waals surface area (Å²) in [5.74, 6) is -2.07. The Morgan fingerprint density at radius 1 is 0.838 bits per heavy atom. The van der Waals surface area contributed by atoms with Gasteiger partial charge in [-0.25, -0.2) is 4.79 Å². The smallest absolute Gasteiger partial charge is 0.326 e. The summed E-state index contributed by atoms with van der Waals surface area (Å²) in [5.41, 5.74) is 0. The zero-order valence-corrected chi connectivity index (χ0v) is 23.4. The van der Waals surface area contributed by atoms with Gasteiger partial charge < -0.3 is 20.6 Å². The molecule has 1 fully saturated rings. The molecule has 0 aromatic rings. The van der Waals surface area contributed by atoms with Crippen LogP contribution in [0.15, 0.2) is 12.2 Å². The van der Waals surface area contributed by atoms with Crippen LogP contribution in [0.1, 0.15) is 124 Å². The van der Waals surface area contributed by atoms with Crippen LogP contribution < -0.4 is 10.6 Å². The van der Waals surface area contributed by atoms with Crippen molar-refractivity contribution in [2.75, 3.05) is 6.54 Å². The molecular weight excluding hydrogens is 470 g/mol. The monoisotopic (exact) mass is 521 g/mol. The van der Waals surface area contributed by atoms with Gasteiger partial charge in [0.15, 0.2) is 0 Å².